The molecule has 2 nitrogen and oxygen atoms in total. The van der Waals surface area contributed by atoms with Crippen LogP contribution in [0.15, 0.2) is 12.1 Å². The highest BCUT2D eigenvalue weighted by atomic mass is 19.4. The lowest BCUT2D eigenvalue weighted by Gasteiger charge is -2.27. The van der Waals surface area contributed by atoms with Gasteiger partial charge in [-0.15, -0.1) is 0 Å². The van der Waals surface area contributed by atoms with Gasteiger partial charge in [0.05, 0.1) is 12.7 Å². The number of aliphatic hydroxyl groups is 1. The predicted octanol–water partition coefficient (Wildman–Crippen LogP) is 2.74. The highest BCUT2D eigenvalue weighted by Gasteiger charge is 2.54. The Kier molecular flexibility index (Phi) is 3.33. The minimum atomic E-state index is -5.19. The number of hydrogen-bond donors (Lipinski definition) is 1. The number of halogens is 5. The first kappa shape index (κ1) is 13.7. The van der Waals surface area contributed by atoms with E-state index in [1.807, 2.05) is 0 Å². The molecule has 0 bridgehead atoms. The van der Waals surface area contributed by atoms with Gasteiger partial charge in [0.15, 0.2) is 5.60 Å². The fourth-order valence-corrected chi connectivity index (χ4v) is 1.27. The maximum absolute atomic E-state index is 13.3. The van der Waals surface area contributed by atoms with E-state index in [9.17, 15) is 27.1 Å². The standard InChI is InChI=1S/C10H9F5O2/c1-9(16,10(13,14)15)8-6(11)3-5(17-2)4-7(8)12/h3-4,16H,1-2H3. The molecular formula is C10H9F5O2. The van der Waals surface area contributed by atoms with Crippen LogP contribution in [0, 0.1) is 11.6 Å². The molecule has 1 aromatic carbocycles. The van der Waals surface area contributed by atoms with Crippen LogP contribution in [0.4, 0.5) is 22.0 Å². The van der Waals surface area contributed by atoms with Crippen molar-refractivity contribution in [2.45, 2.75) is 18.7 Å². The Morgan fingerprint density at radius 2 is 1.53 bits per heavy atom. The summed E-state index contributed by atoms with van der Waals surface area (Å²) < 4.78 is 68.5. The number of methoxy groups -OCH3 is 1. The summed E-state index contributed by atoms with van der Waals surface area (Å²) in [4.78, 5) is 0. The minimum Gasteiger partial charge on any atom is -0.497 e. The van der Waals surface area contributed by atoms with E-state index in [0.29, 0.717) is 12.1 Å². The summed E-state index contributed by atoms with van der Waals surface area (Å²) in [5.74, 6) is -3.32. The van der Waals surface area contributed by atoms with Crippen LogP contribution in [0.3, 0.4) is 0 Å². The van der Waals surface area contributed by atoms with Gasteiger partial charge in [-0.3, -0.25) is 0 Å². The highest BCUT2D eigenvalue weighted by Crippen LogP contribution is 2.41. The molecule has 0 saturated heterocycles. The normalized spacial score (nSPS) is 15.5. The molecule has 1 atom stereocenters. The maximum Gasteiger partial charge on any atom is 0.421 e. The number of benzene rings is 1. The molecule has 0 spiro atoms. The molecule has 0 aliphatic rings. The van der Waals surface area contributed by atoms with Crippen molar-refractivity contribution >= 4 is 0 Å². The van der Waals surface area contributed by atoms with Crippen LogP contribution in [-0.2, 0) is 5.60 Å². The molecule has 0 radical (unpaired) electrons. The van der Waals surface area contributed by atoms with Gasteiger partial charge in [0.1, 0.15) is 17.4 Å². The SMILES string of the molecule is COc1cc(F)c(C(C)(O)C(F)(F)F)c(F)c1. The minimum absolute atomic E-state index is 0.276. The Bertz CT molecular complexity index is 402. The first-order valence-electron chi connectivity index (χ1n) is 4.44. The largest absolute Gasteiger partial charge is 0.497 e. The average molecular weight is 256 g/mol. The van der Waals surface area contributed by atoms with Crippen molar-refractivity contribution in [3.05, 3.63) is 29.3 Å². The summed E-state index contributed by atoms with van der Waals surface area (Å²) >= 11 is 0. The van der Waals surface area contributed by atoms with Crippen molar-refractivity contribution in [2.24, 2.45) is 0 Å². The van der Waals surface area contributed by atoms with Gasteiger partial charge in [-0.2, -0.15) is 13.2 Å². The molecule has 0 aliphatic carbocycles. The molecule has 7 heteroatoms. The van der Waals surface area contributed by atoms with Gasteiger partial charge in [0, 0.05) is 12.1 Å². The van der Waals surface area contributed by atoms with E-state index in [2.05, 4.69) is 4.74 Å². The lowest BCUT2D eigenvalue weighted by Crippen LogP contribution is -2.40. The number of alkyl halides is 3. The van der Waals surface area contributed by atoms with Crippen molar-refractivity contribution in [3.63, 3.8) is 0 Å². The second kappa shape index (κ2) is 4.14. The topological polar surface area (TPSA) is 29.5 Å². The zero-order valence-corrected chi connectivity index (χ0v) is 8.90. The monoisotopic (exact) mass is 256 g/mol. The third-order valence-corrected chi connectivity index (χ3v) is 2.29. The van der Waals surface area contributed by atoms with E-state index in [4.69, 9.17) is 0 Å². The Morgan fingerprint density at radius 1 is 1.12 bits per heavy atom. The highest BCUT2D eigenvalue weighted by molar-refractivity contribution is 5.34. The van der Waals surface area contributed by atoms with Gasteiger partial charge in [0.2, 0.25) is 0 Å². The Labute approximate surface area is 93.6 Å². The summed E-state index contributed by atoms with van der Waals surface area (Å²) in [5.41, 5.74) is -5.06. The molecule has 0 heterocycles. The van der Waals surface area contributed by atoms with Gasteiger partial charge in [0.25, 0.3) is 0 Å². The van der Waals surface area contributed by atoms with Crippen LogP contribution < -0.4 is 4.74 Å². The molecular weight excluding hydrogens is 247 g/mol. The number of hydrogen-bond acceptors (Lipinski definition) is 2. The van der Waals surface area contributed by atoms with Crippen LogP contribution in [-0.4, -0.2) is 18.4 Å². The number of rotatable bonds is 2. The third-order valence-electron chi connectivity index (χ3n) is 2.29. The van der Waals surface area contributed by atoms with E-state index in [1.54, 1.807) is 0 Å². The predicted molar refractivity (Wildman–Crippen MR) is 48.5 cm³/mol. The summed E-state index contributed by atoms with van der Waals surface area (Å²) in [5, 5.41) is 9.20. The summed E-state index contributed by atoms with van der Waals surface area (Å²) in [6.07, 6.45) is -5.19. The fraction of sp³-hybridized carbons (Fsp3) is 0.400. The van der Waals surface area contributed by atoms with Gasteiger partial charge < -0.3 is 9.84 Å². The quantitative estimate of drug-likeness (QED) is 0.824. The van der Waals surface area contributed by atoms with Crippen LogP contribution in [0.25, 0.3) is 0 Å². The Balaban J connectivity index is 3.42. The molecule has 1 aromatic rings. The summed E-state index contributed by atoms with van der Waals surface area (Å²) in [6, 6.07) is 1.14. The first-order chi connectivity index (χ1) is 7.61. The number of ether oxygens (including phenoxy) is 1. The van der Waals surface area contributed by atoms with E-state index >= 15 is 0 Å². The van der Waals surface area contributed by atoms with Crippen LogP contribution in [0.2, 0.25) is 0 Å². The first-order valence-corrected chi connectivity index (χ1v) is 4.44. The van der Waals surface area contributed by atoms with Crippen molar-refractivity contribution < 1.29 is 31.8 Å². The fourth-order valence-electron chi connectivity index (χ4n) is 1.27. The molecule has 0 aliphatic heterocycles. The van der Waals surface area contributed by atoms with Crippen LogP contribution >= 0.6 is 0 Å². The Hall–Kier alpha value is -1.37. The average Bonchev–Trinajstić information content (AvgIpc) is 2.14. The molecule has 96 valence electrons. The van der Waals surface area contributed by atoms with Crippen molar-refractivity contribution in [2.75, 3.05) is 7.11 Å². The molecule has 0 saturated carbocycles. The van der Waals surface area contributed by atoms with Crippen LogP contribution in [0.5, 0.6) is 5.75 Å². The van der Waals surface area contributed by atoms with Gasteiger partial charge >= 0.3 is 6.18 Å². The van der Waals surface area contributed by atoms with Crippen molar-refractivity contribution in [3.8, 4) is 5.75 Å². The molecule has 17 heavy (non-hydrogen) atoms. The maximum atomic E-state index is 13.3. The third kappa shape index (κ3) is 2.33. The lowest BCUT2D eigenvalue weighted by molar-refractivity contribution is -0.260. The molecule has 1 N–H and O–H groups in total. The molecule has 0 fully saturated rings. The Morgan fingerprint density at radius 3 is 1.82 bits per heavy atom. The lowest BCUT2D eigenvalue weighted by atomic mass is 9.94. The van der Waals surface area contributed by atoms with E-state index in [0.717, 1.165) is 7.11 Å². The van der Waals surface area contributed by atoms with Gasteiger partial charge in [-0.05, 0) is 6.92 Å². The van der Waals surface area contributed by atoms with Crippen molar-refractivity contribution in [1.29, 1.82) is 0 Å². The van der Waals surface area contributed by atoms with E-state index in [1.165, 1.54) is 0 Å². The second-order valence-corrected chi connectivity index (χ2v) is 3.54. The molecule has 0 amide bonds. The summed E-state index contributed by atoms with van der Waals surface area (Å²) in [6.45, 7) is 0.279. The van der Waals surface area contributed by atoms with Crippen LogP contribution in [0.1, 0.15) is 12.5 Å². The molecule has 1 unspecified atom stereocenters. The summed E-state index contributed by atoms with van der Waals surface area (Å²) in [7, 11) is 1.11. The smallest absolute Gasteiger partial charge is 0.421 e. The zero-order chi connectivity index (χ0) is 13.4. The molecule has 0 aromatic heterocycles. The van der Waals surface area contributed by atoms with E-state index in [-0.39, 0.29) is 12.7 Å². The second-order valence-electron chi connectivity index (χ2n) is 3.54. The zero-order valence-electron chi connectivity index (χ0n) is 8.90. The van der Waals surface area contributed by atoms with E-state index < -0.39 is 29.0 Å². The van der Waals surface area contributed by atoms with Gasteiger partial charge in [-0.1, -0.05) is 0 Å². The van der Waals surface area contributed by atoms with Gasteiger partial charge in [-0.25, -0.2) is 8.78 Å². The van der Waals surface area contributed by atoms with Crippen molar-refractivity contribution in [1.82, 2.24) is 0 Å². The molecule has 1 rings (SSSR count).